The Hall–Kier alpha value is -0.710. The second-order valence-electron chi connectivity index (χ2n) is 6.00. The average molecular weight is 284 g/mol. The van der Waals surface area contributed by atoms with Gasteiger partial charge in [-0.2, -0.15) is 11.8 Å². The summed E-state index contributed by atoms with van der Waals surface area (Å²) >= 11 is 1.72. The van der Waals surface area contributed by atoms with E-state index in [1.165, 1.54) is 0 Å². The Kier molecular flexibility index (Phi) is 4.76. The predicted molar refractivity (Wildman–Crippen MR) is 78.0 cm³/mol. The van der Waals surface area contributed by atoms with Crippen LogP contribution in [0.1, 0.15) is 33.1 Å². The zero-order chi connectivity index (χ0) is 14.0. The highest BCUT2D eigenvalue weighted by Gasteiger charge is 2.47. The van der Waals surface area contributed by atoms with E-state index in [9.17, 15) is 9.59 Å². The smallest absolute Gasteiger partial charge is 0.245 e. The summed E-state index contributed by atoms with van der Waals surface area (Å²) in [4.78, 5) is 26.7. The number of carbonyl (C=O) groups is 2. The molecule has 1 N–H and O–H groups in total. The largest absolute Gasteiger partial charge is 0.342 e. The molecular formula is C14H24N2O2S. The van der Waals surface area contributed by atoms with Crippen molar-refractivity contribution in [2.24, 2.45) is 11.8 Å². The quantitative estimate of drug-likeness (QED) is 0.804. The van der Waals surface area contributed by atoms with Gasteiger partial charge in [-0.15, -0.1) is 0 Å². The Morgan fingerprint density at radius 1 is 1.37 bits per heavy atom. The van der Waals surface area contributed by atoms with Crippen LogP contribution in [0.15, 0.2) is 0 Å². The molecule has 2 rings (SSSR count). The minimum atomic E-state index is -0.315. The van der Waals surface area contributed by atoms with E-state index in [0.29, 0.717) is 18.4 Å². The fourth-order valence-corrected chi connectivity index (χ4v) is 3.13. The lowest BCUT2D eigenvalue weighted by Gasteiger charge is -2.39. The SMILES string of the molecule is CSCCN1C(=O)C(CC(C)C)NC(=O)C1C1CC1. The lowest BCUT2D eigenvalue weighted by atomic mass is 9.97. The van der Waals surface area contributed by atoms with Gasteiger partial charge >= 0.3 is 0 Å². The molecule has 0 aromatic heterocycles. The van der Waals surface area contributed by atoms with Gasteiger partial charge in [0.2, 0.25) is 11.8 Å². The average Bonchev–Trinajstić information content (AvgIpc) is 3.14. The number of hydrogen-bond donors (Lipinski definition) is 1. The van der Waals surface area contributed by atoms with Crippen molar-refractivity contribution >= 4 is 23.6 Å². The molecule has 0 spiro atoms. The summed E-state index contributed by atoms with van der Waals surface area (Å²) in [6.07, 6.45) is 4.93. The molecule has 1 aliphatic heterocycles. The Labute approximate surface area is 119 Å². The maximum Gasteiger partial charge on any atom is 0.245 e. The molecule has 5 heteroatoms. The predicted octanol–water partition coefficient (Wildman–Crippen LogP) is 1.50. The minimum Gasteiger partial charge on any atom is -0.342 e. The van der Waals surface area contributed by atoms with Gasteiger partial charge in [0.05, 0.1) is 0 Å². The standard InChI is InChI=1S/C14H24N2O2S/c1-9(2)8-11-14(18)16(6-7-19-3)12(10-4-5-10)13(17)15-11/h9-12H,4-8H2,1-3H3,(H,15,17). The van der Waals surface area contributed by atoms with Gasteiger partial charge in [-0.1, -0.05) is 13.8 Å². The lowest BCUT2D eigenvalue weighted by Crippen LogP contribution is -2.64. The van der Waals surface area contributed by atoms with Gasteiger partial charge < -0.3 is 10.2 Å². The summed E-state index contributed by atoms with van der Waals surface area (Å²) in [7, 11) is 0. The molecule has 1 heterocycles. The fourth-order valence-electron chi connectivity index (χ4n) is 2.75. The maximum absolute atomic E-state index is 12.6. The highest BCUT2D eigenvalue weighted by Crippen LogP contribution is 2.37. The molecule has 2 amide bonds. The van der Waals surface area contributed by atoms with Crippen molar-refractivity contribution in [2.75, 3.05) is 18.6 Å². The maximum atomic E-state index is 12.6. The first-order valence-corrected chi connectivity index (χ1v) is 8.53. The van der Waals surface area contributed by atoms with E-state index < -0.39 is 0 Å². The van der Waals surface area contributed by atoms with Crippen molar-refractivity contribution in [3.05, 3.63) is 0 Å². The highest BCUT2D eigenvalue weighted by molar-refractivity contribution is 7.98. The van der Waals surface area contributed by atoms with Crippen LogP contribution in [0.2, 0.25) is 0 Å². The highest BCUT2D eigenvalue weighted by atomic mass is 32.2. The zero-order valence-electron chi connectivity index (χ0n) is 12.0. The number of nitrogens with one attached hydrogen (secondary N) is 1. The summed E-state index contributed by atoms with van der Waals surface area (Å²) in [6.45, 7) is 4.86. The van der Waals surface area contributed by atoms with Crippen LogP contribution in [0.3, 0.4) is 0 Å². The van der Waals surface area contributed by atoms with Crippen LogP contribution >= 0.6 is 11.8 Å². The van der Waals surface area contributed by atoms with E-state index in [2.05, 4.69) is 19.2 Å². The number of carbonyl (C=O) groups excluding carboxylic acids is 2. The summed E-state index contributed by atoms with van der Waals surface area (Å²) < 4.78 is 0. The summed E-state index contributed by atoms with van der Waals surface area (Å²) in [5.74, 6) is 1.89. The molecule has 2 atom stereocenters. The summed E-state index contributed by atoms with van der Waals surface area (Å²) in [5, 5.41) is 2.94. The van der Waals surface area contributed by atoms with Gasteiger partial charge in [0.25, 0.3) is 0 Å². The molecule has 1 aliphatic carbocycles. The monoisotopic (exact) mass is 284 g/mol. The molecule has 2 fully saturated rings. The molecule has 108 valence electrons. The first kappa shape index (κ1) is 14.7. The molecule has 0 aromatic carbocycles. The molecule has 4 nitrogen and oxygen atoms in total. The molecule has 0 aromatic rings. The Morgan fingerprint density at radius 3 is 2.58 bits per heavy atom. The molecule has 0 radical (unpaired) electrons. The van der Waals surface area contributed by atoms with Crippen LogP contribution < -0.4 is 5.32 Å². The van der Waals surface area contributed by atoms with Crippen molar-refractivity contribution in [1.82, 2.24) is 10.2 Å². The van der Waals surface area contributed by atoms with Crippen LogP contribution in [0.5, 0.6) is 0 Å². The Bertz CT molecular complexity index is 355. The van der Waals surface area contributed by atoms with Crippen molar-refractivity contribution in [2.45, 2.75) is 45.2 Å². The van der Waals surface area contributed by atoms with Gasteiger partial charge in [-0.3, -0.25) is 9.59 Å². The molecule has 19 heavy (non-hydrogen) atoms. The molecule has 1 saturated heterocycles. The van der Waals surface area contributed by atoms with Crippen molar-refractivity contribution in [3.63, 3.8) is 0 Å². The second-order valence-corrected chi connectivity index (χ2v) is 6.98. The van der Waals surface area contributed by atoms with E-state index in [1.807, 2.05) is 11.2 Å². The number of hydrogen-bond acceptors (Lipinski definition) is 3. The Balaban J connectivity index is 2.10. The topological polar surface area (TPSA) is 49.4 Å². The van der Waals surface area contributed by atoms with E-state index in [1.54, 1.807) is 11.8 Å². The fraction of sp³-hybridized carbons (Fsp3) is 0.857. The number of amides is 2. The number of piperazine rings is 1. The van der Waals surface area contributed by atoms with Crippen molar-refractivity contribution in [1.29, 1.82) is 0 Å². The third kappa shape index (κ3) is 3.44. The number of nitrogens with zero attached hydrogens (tertiary/aromatic N) is 1. The van der Waals surface area contributed by atoms with Gasteiger partial charge in [0.1, 0.15) is 12.1 Å². The van der Waals surface area contributed by atoms with E-state index in [-0.39, 0.29) is 23.9 Å². The molecule has 1 saturated carbocycles. The van der Waals surface area contributed by atoms with E-state index in [0.717, 1.165) is 25.0 Å². The van der Waals surface area contributed by atoms with Crippen LogP contribution in [0.4, 0.5) is 0 Å². The summed E-state index contributed by atoms with van der Waals surface area (Å²) in [5.41, 5.74) is 0. The first-order valence-electron chi connectivity index (χ1n) is 7.14. The zero-order valence-corrected chi connectivity index (χ0v) is 12.8. The van der Waals surface area contributed by atoms with E-state index >= 15 is 0 Å². The van der Waals surface area contributed by atoms with Crippen LogP contribution in [-0.2, 0) is 9.59 Å². The third-order valence-corrected chi connectivity index (χ3v) is 4.40. The summed E-state index contributed by atoms with van der Waals surface area (Å²) in [6, 6.07) is -0.521. The number of thioether (sulfide) groups is 1. The minimum absolute atomic E-state index is 0.0638. The Morgan fingerprint density at radius 2 is 2.05 bits per heavy atom. The van der Waals surface area contributed by atoms with Gasteiger partial charge in [-0.25, -0.2) is 0 Å². The third-order valence-electron chi connectivity index (χ3n) is 3.81. The lowest BCUT2D eigenvalue weighted by molar-refractivity contribution is -0.150. The molecular weight excluding hydrogens is 260 g/mol. The van der Waals surface area contributed by atoms with Gasteiger partial charge in [-0.05, 0) is 37.4 Å². The van der Waals surface area contributed by atoms with E-state index in [4.69, 9.17) is 0 Å². The number of rotatable bonds is 6. The van der Waals surface area contributed by atoms with Gasteiger partial charge in [0.15, 0.2) is 0 Å². The van der Waals surface area contributed by atoms with Crippen LogP contribution in [0.25, 0.3) is 0 Å². The van der Waals surface area contributed by atoms with Crippen LogP contribution in [-0.4, -0.2) is 47.4 Å². The van der Waals surface area contributed by atoms with Gasteiger partial charge in [0, 0.05) is 12.3 Å². The molecule has 2 aliphatic rings. The first-order chi connectivity index (χ1) is 9.04. The van der Waals surface area contributed by atoms with Crippen molar-refractivity contribution in [3.8, 4) is 0 Å². The molecule has 0 bridgehead atoms. The van der Waals surface area contributed by atoms with Crippen LogP contribution in [0, 0.1) is 11.8 Å². The molecule has 2 unspecified atom stereocenters. The second kappa shape index (κ2) is 6.16. The normalized spacial score (nSPS) is 27.9. The van der Waals surface area contributed by atoms with Crippen molar-refractivity contribution < 1.29 is 9.59 Å².